The van der Waals surface area contributed by atoms with Gasteiger partial charge in [0.15, 0.2) is 0 Å². The molecular formula is C14H24N4O3. The molecule has 1 rings (SSSR count). The topological polar surface area (TPSA) is 96.3 Å². The van der Waals surface area contributed by atoms with Crippen LogP contribution in [0.25, 0.3) is 0 Å². The molecule has 0 aliphatic carbocycles. The lowest BCUT2D eigenvalue weighted by molar-refractivity contribution is -0.139. The van der Waals surface area contributed by atoms with Gasteiger partial charge in [0.25, 0.3) is 0 Å². The number of amides is 2. The second-order valence-corrected chi connectivity index (χ2v) is 5.62. The van der Waals surface area contributed by atoms with Crippen molar-refractivity contribution in [2.75, 3.05) is 0 Å². The highest BCUT2D eigenvalue weighted by molar-refractivity contribution is 5.82. The number of hydrogen-bond acceptors (Lipinski definition) is 3. The van der Waals surface area contributed by atoms with Crippen molar-refractivity contribution in [1.82, 2.24) is 20.4 Å². The van der Waals surface area contributed by atoms with Gasteiger partial charge in [-0.3, -0.25) is 4.68 Å². The van der Waals surface area contributed by atoms with Crippen LogP contribution in [0.3, 0.4) is 0 Å². The molecule has 7 heteroatoms. The van der Waals surface area contributed by atoms with E-state index in [1.165, 1.54) is 0 Å². The van der Waals surface area contributed by atoms with Gasteiger partial charge < -0.3 is 15.7 Å². The van der Waals surface area contributed by atoms with Crippen LogP contribution in [0.2, 0.25) is 0 Å². The van der Waals surface area contributed by atoms with Crippen molar-refractivity contribution >= 4 is 12.0 Å². The molecule has 7 nitrogen and oxygen atoms in total. The number of nitrogens with one attached hydrogen (secondary N) is 2. The van der Waals surface area contributed by atoms with Gasteiger partial charge in [0.05, 0.1) is 5.69 Å². The summed E-state index contributed by atoms with van der Waals surface area (Å²) >= 11 is 0. The first-order valence-electron chi connectivity index (χ1n) is 6.98. The number of carboxylic acid groups (broad SMARTS) is 1. The average Bonchev–Trinajstić information content (AvgIpc) is 2.60. The fourth-order valence-electron chi connectivity index (χ4n) is 2.14. The molecule has 118 valence electrons. The summed E-state index contributed by atoms with van der Waals surface area (Å²) in [4.78, 5) is 22.9. The van der Waals surface area contributed by atoms with Gasteiger partial charge in [-0.2, -0.15) is 5.10 Å². The van der Waals surface area contributed by atoms with Gasteiger partial charge in [-0.15, -0.1) is 0 Å². The van der Waals surface area contributed by atoms with Crippen LogP contribution in [0, 0.1) is 19.8 Å². The van der Waals surface area contributed by atoms with Crippen LogP contribution >= 0.6 is 0 Å². The van der Waals surface area contributed by atoms with Crippen LogP contribution in [0.4, 0.5) is 4.79 Å². The second kappa shape index (κ2) is 7.10. The minimum atomic E-state index is -1.02. The third-order valence-electron chi connectivity index (χ3n) is 3.40. The number of carbonyl (C=O) groups excluding carboxylic acids is 1. The summed E-state index contributed by atoms with van der Waals surface area (Å²) < 4.78 is 1.75. The summed E-state index contributed by atoms with van der Waals surface area (Å²) in [6.45, 7) is 7.95. The minimum absolute atomic E-state index is 0.189. The summed E-state index contributed by atoms with van der Waals surface area (Å²) in [5.74, 6) is -0.832. The van der Waals surface area contributed by atoms with Crippen molar-refractivity contribution in [2.45, 2.75) is 46.7 Å². The molecule has 0 spiro atoms. The predicted octanol–water partition coefficient (Wildman–Crippen LogP) is 1.34. The SMILES string of the molecule is Cc1nn(C)c(C)c1CNC(=O)N[C@H](CC(C)C)C(=O)O. The predicted molar refractivity (Wildman–Crippen MR) is 78.9 cm³/mol. The van der Waals surface area contributed by atoms with Crippen molar-refractivity contribution in [3.63, 3.8) is 0 Å². The molecule has 0 radical (unpaired) electrons. The Morgan fingerprint density at radius 1 is 1.33 bits per heavy atom. The summed E-state index contributed by atoms with van der Waals surface area (Å²) in [6, 6.07) is -1.35. The first-order valence-corrected chi connectivity index (χ1v) is 6.98. The zero-order chi connectivity index (χ0) is 16.2. The molecule has 0 bridgehead atoms. The van der Waals surface area contributed by atoms with Gasteiger partial charge in [0, 0.05) is 24.8 Å². The summed E-state index contributed by atoms with van der Waals surface area (Å²) in [5.41, 5.74) is 2.78. The van der Waals surface area contributed by atoms with E-state index in [0.717, 1.165) is 17.0 Å². The van der Waals surface area contributed by atoms with Gasteiger partial charge >= 0.3 is 12.0 Å². The normalized spacial score (nSPS) is 12.3. The number of nitrogens with zero attached hydrogens (tertiary/aromatic N) is 2. The summed E-state index contributed by atoms with van der Waals surface area (Å²) in [5, 5.41) is 18.5. The Balaban J connectivity index is 2.59. The van der Waals surface area contributed by atoms with Crippen molar-refractivity contribution < 1.29 is 14.7 Å². The zero-order valence-corrected chi connectivity index (χ0v) is 13.2. The van der Waals surface area contributed by atoms with Crippen molar-refractivity contribution in [1.29, 1.82) is 0 Å². The van der Waals surface area contributed by atoms with E-state index in [1.807, 2.05) is 34.7 Å². The Kier molecular flexibility index (Phi) is 5.75. The first kappa shape index (κ1) is 17.0. The molecule has 1 atom stereocenters. The third kappa shape index (κ3) is 4.77. The molecular weight excluding hydrogens is 272 g/mol. The Bertz CT molecular complexity index is 523. The standard InChI is InChI=1S/C14H24N4O3/c1-8(2)6-12(13(19)20)16-14(21)15-7-11-9(3)17-18(5)10(11)4/h8,12H,6-7H2,1-5H3,(H,19,20)(H2,15,16,21)/t12-/m1/s1. The number of aliphatic carboxylic acids is 1. The quantitative estimate of drug-likeness (QED) is 0.738. The molecule has 1 heterocycles. The highest BCUT2D eigenvalue weighted by Gasteiger charge is 2.21. The van der Waals surface area contributed by atoms with E-state index >= 15 is 0 Å². The lowest BCUT2D eigenvalue weighted by Gasteiger charge is -2.17. The largest absolute Gasteiger partial charge is 0.480 e. The summed E-state index contributed by atoms with van der Waals surface area (Å²) in [6.07, 6.45) is 0.397. The maximum Gasteiger partial charge on any atom is 0.326 e. The number of rotatable bonds is 6. The molecule has 1 aromatic rings. The number of carbonyl (C=O) groups is 2. The maximum absolute atomic E-state index is 11.8. The maximum atomic E-state index is 11.8. The number of hydrogen-bond donors (Lipinski definition) is 3. The molecule has 0 aliphatic heterocycles. The molecule has 0 saturated carbocycles. The van der Waals surface area contributed by atoms with Crippen LogP contribution < -0.4 is 10.6 Å². The fourth-order valence-corrected chi connectivity index (χ4v) is 2.14. The highest BCUT2D eigenvalue weighted by Crippen LogP contribution is 2.11. The lowest BCUT2D eigenvalue weighted by Crippen LogP contribution is -2.46. The van der Waals surface area contributed by atoms with Crippen LogP contribution in [-0.4, -0.2) is 32.9 Å². The Morgan fingerprint density at radius 3 is 2.38 bits per heavy atom. The van der Waals surface area contributed by atoms with Crippen LogP contribution in [0.5, 0.6) is 0 Å². The molecule has 1 aromatic heterocycles. The third-order valence-corrected chi connectivity index (χ3v) is 3.40. The Labute approximate surface area is 124 Å². The van der Waals surface area contributed by atoms with E-state index in [2.05, 4.69) is 15.7 Å². The smallest absolute Gasteiger partial charge is 0.326 e. The van der Waals surface area contributed by atoms with E-state index < -0.39 is 18.0 Å². The summed E-state index contributed by atoms with van der Waals surface area (Å²) in [7, 11) is 1.84. The molecule has 0 unspecified atom stereocenters. The zero-order valence-electron chi connectivity index (χ0n) is 13.2. The van der Waals surface area contributed by atoms with Crippen LogP contribution in [-0.2, 0) is 18.4 Å². The number of aromatic nitrogens is 2. The van der Waals surface area contributed by atoms with E-state index in [4.69, 9.17) is 5.11 Å². The van der Waals surface area contributed by atoms with E-state index in [-0.39, 0.29) is 5.92 Å². The molecule has 0 aliphatic rings. The van der Waals surface area contributed by atoms with Gasteiger partial charge in [-0.1, -0.05) is 13.8 Å². The molecule has 2 amide bonds. The number of urea groups is 1. The molecule has 0 aromatic carbocycles. The van der Waals surface area contributed by atoms with Crippen molar-refractivity contribution in [3.05, 3.63) is 17.0 Å². The number of carboxylic acids is 1. The average molecular weight is 296 g/mol. The molecule has 0 saturated heterocycles. The molecule has 3 N–H and O–H groups in total. The van der Waals surface area contributed by atoms with Gasteiger partial charge in [-0.05, 0) is 26.2 Å². The van der Waals surface area contributed by atoms with Crippen molar-refractivity contribution in [2.24, 2.45) is 13.0 Å². The van der Waals surface area contributed by atoms with Gasteiger partial charge in [0.2, 0.25) is 0 Å². The first-order chi connectivity index (χ1) is 9.72. The monoisotopic (exact) mass is 296 g/mol. The van der Waals surface area contributed by atoms with E-state index in [9.17, 15) is 9.59 Å². The van der Waals surface area contributed by atoms with E-state index in [1.54, 1.807) is 4.68 Å². The van der Waals surface area contributed by atoms with E-state index in [0.29, 0.717) is 13.0 Å². The minimum Gasteiger partial charge on any atom is -0.480 e. The molecule has 0 fully saturated rings. The van der Waals surface area contributed by atoms with Crippen LogP contribution in [0.1, 0.15) is 37.2 Å². The molecule has 21 heavy (non-hydrogen) atoms. The second-order valence-electron chi connectivity index (χ2n) is 5.62. The van der Waals surface area contributed by atoms with Crippen molar-refractivity contribution in [3.8, 4) is 0 Å². The van der Waals surface area contributed by atoms with Crippen LogP contribution in [0.15, 0.2) is 0 Å². The Morgan fingerprint density at radius 2 is 1.95 bits per heavy atom. The number of aryl methyl sites for hydroxylation is 2. The Hall–Kier alpha value is -2.05. The fraction of sp³-hybridized carbons (Fsp3) is 0.643. The highest BCUT2D eigenvalue weighted by atomic mass is 16.4. The van der Waals surface area contributed by atoms with Gasteiger partial charge in [0.1, 0.15) is 6.04 Å². The lowest BCUT2D eigenvalue weighted by atomic mass is 10.0. The van der Waals surface area contributed by atoms with Gasteiger partial charge in [-0.25, -0.2) is 9.59 Å².